The Morgan fingerprint density at radius 2 is 1.76 bits per heavy atom. The van der Waals surface area contributed by atoms with Crippen LogP contribution in [0.25, 0.3) is 22.2 Å². The van der Waals surface area contributed by atoms with Crippen LogP contribution in [0.1, 0.15) is 11.1 Å². The Morgan fingerprint density at radius 1 is 0.966 bits per heavy atom. The van der Waals surface area contributed by atoms with Gasteiger partial charge >= 0.3 is 0 Å². The molecule has 0 spiro atoms. The van der Waals surface area contributed by atoms with Crippen molar-refractivity contribution in [3.63, 3.8) is 0 Å². The maximum absolute atomic E-state index is 5.68. The highest BCUT2D eigenvalue weighted by atomic mass is 16.5. The summed E-state index contributed by atoms with van der Waals surface area (Å²) < 4.78 is 11.2. The second-order valence-electron chi connectivity index (χ2n) is 7.79. The average molecular weight is 392 g/mol. The highest BCUT2D eigenvalue weighted by Crippen LogP contribution is 2.36. The highest BCUT2D eigenvalue weighted by Gasteiger charge is 2.20. The van der Waals surface area contributed by atoms with Crippen LogP contribution in [-0.2, 0) is 6.54 Å². The maximum Gasteiger partial charge on any atom is 0.128 e. The molecule has 5 nitrogen and oxygen atoms in total. The van der Waals surface area contributed by atoms with Gasteiger partial charge in [-0.1, -0.05) is 18.2 Å². The van der Waals surface area contributed by atoms with Gasteiger partial charge in [-0.05, 0) is 49.4 Å². The largest absolute Gasteiger partial charge is 0.497 e. The summed E-state index contributed by atoms with van der Waals surface area (Å²) in [5.41, 5.74) is 5.38. The molecular formula is C24H29N3O2. The number of pyridine rings is 1. The van der Waals surface area contributed by atoms with Gasteiger partial charge in [0.25, 0.3) is 0 Å². The van der Waals surface area contributed by atoms with Crippen molar-refractivity contribution in [3.05, 3.63) is 53.6 Å². The average Bonchev–Trinajstić information content (AvgIpc) is 2.75. The standard InChI is InChI=1S/C24H29N3O2/c1-17-6-5-7-18-14-19(16-27-12-10-26(2)11-13-27)24(25-23(17)18)21-15-20(28-3)8-9-22(21)29-4/h5-9,14-15H,10-13,16H2,1-4H3. The number of methoxy groups -OCH3 is 2. The van der Waals surface area contributed by atoms with E-state index in [0.717, 1.165) is 61.0 Å². The Bertz CT molecular complexity index is 1010. The zero-order valence-corrected chi connectivity index (χ0v) is 17.7. The minimum atomic E-state index is 0.804. The van der Waals surface area contributed by atoms with Gasteiger partial charge in [0.05, 0.1) is 25.4 Å². The molecule has 5 heteroatoms. The van der Waals surface area contributed by atoms with Gasteiger partial charge in [0, 0.05) is 43.7 Å². The fourth-order valence-corrected chi connectivity index (χ4v) is 3.99. The molecule has 0 atom stereocenters. The smallest absolute Gasteiger partial charge is 0.128 e. The zero-order valence-electron chi connectivity index (χ0n) is 17.7. The van der Waals surface area contributed by atoms with Crippen molar-refractivity contribution in [2.45, 2.75) is 13.5 Å². The minimum Gasteiger partial charge on any atom is -0.497 e. The van der Waals surface area contributed by atoms with E-state index in [-0.39, 0.29) is 0 Å². The number of benzene rings is 2. The van der Waals surface area contributed by atoms with Crippen LogP contribution in [0.5, 0.6) is 11.5 Å². The maximum atomic E-state index is 5.68. The molecule has 1 saturated heterocycles. The number of aromatic nitrogens is 1. The topological polar surface area (TPSA) is 37.8 Å². The second kappa shape index (κ2) is 8.39. The zero-order chi connectivity index (χ0) is 20.4. The molecule has 0 amide bonds. The number of fused-ring (bicyclic) bond motifs is 1. The predicted octanol–water partition coefficient (Wildman–Crippen LogP) is 3.97. The molecule has 0 bridgehead atoms. The van der Waals surface area contributed by atoms with E-state index >= 15 is 0 Å². The first-order valence-corrected chi connectivity index (χ1v) is 10.1. The molecule has 0 aliphatic carbocycles. The number of para-hydroxylation sites is 1. The predicted molar refractivity (Wildman–Crippen MR) is 118 cm³/mol. The molecule has 2 aromatic carbocycles. The van der Waals surface area contributed by atoms with Crippen molar-refractivity contribution in [2.24, 2.45) is 0 Å². The lowest BCUT2D eigenvalue weighted by molar-refractivity contribution is 0.148. The molecule has 0 radical (unpaired) electrons. The summed E-state index contributed by atoms with van der Waals surface area (Å²) in [5, 5.41) is 1.18. The van der Waals surface area contributed by atoms with E-state index < -0.39 is 0 Å². The summed E-state index contributed by atoms with van der Waals surface area (Å²) in [6, 6.07) is 14.6. The van der Waals surface area contributed by atoms with Crippen molar-refractivity contribution in [3.8, 4) is 22.8 Å². The molecule has 1 aromatic heterocycles. The van der Waals surface area contributed by atoms with Crippen LogP contribution in [0.2, 0.25) is 0 Å². The number of nitrogens with zero attached hydrogens (tertiary/aromatic N) is 3. The van der Waals surface area contributed by atoms with E-state index in [4.69, 9.17) is 14.5 Å². The van der Waals surface area contributed by atoms with E-state index in [2.05, 4.69) is 48.0 Å². The lowest BCUT2D eigenvalue weighted by atomic mass is 10.00. The van der Waals surface area contributed by atoms with Crippen LogP contribution in [0.4, 0.5) is 0 Å². The Labute approximate surface area is 172 Å². The van der Waals surface area contributed by atoms with Gasteiger partial charge in [0.1, 0.15) is 11.5 Å². The summed E-state index contributed by atoms with van der Waals surface area (Å²) in [6.07, 6.45) is 0. The summed E-state index contributed by atoms with van der Waals surface area (Å²) in [5.74, 6) is 1.61. The molecule has 0 unspecified atom stereocenters. The Hall–Kier alpha value is -2.63. The number of hydrogen-bond acceptors (Lipinski definition) is 5. The summed E-state index contributed by atoms with van der Waals surface area (Å²) in [4.78, 5) is 10.0. The molecule has 3 aromatic rings. The third-order valence-corrected chi connectivity index (χ3v) is 5.78. The van der Waals surface area contributed by atoms with Crippen LogP contribution < -0.4 is 9.47 Å². The van der Waals surface area contributed by atoms with Gasteiger partial charge in [0.2, 0.25) is 0 Å². The van der Waals surface area contributed by atoms with E-state index in [9.17, 15) is 0 Å². The van der Waals surface area contributed by atoms with Crippen LogP contribution in [0.15, 0.2) is 42.5 Å². The normalized spacial score (nSPS) is 15.6. The SMILES string of the molecule is COc1ccc(OC)c(-c2nc3c(C)cccc3cc2CN2CCN(C)CC2)c1. The number of piperazine rings is 1. The molecule has 2 heterocycles. The monoisotopic (exact) mass is 391 g/mol. The number of rotatable bonds is 5. The Kier molecular flexibility index (Phi) is 5.69. The van der Waals surface area contributed by atoms with E-state index in [1.165, 1.54) is 16.5 Å². The fraction of sp³-hybridized carbons (Fsp3) is 0.375. The number of ether oxygens (including phenoxy) is 2. The molecule has 0 saturated carbocycles. The molecule has 1 aliphatic rings. The van der Waals surface area contributed by atoms with Gasteiger partial charge in [-0.3, -0.25) is 4.90 Å². The van der Waals surface area contributed by atoms with E-state index in [0.29, 0.717) is 0 Å². The van der Waals surface area contributed by atoms with Crippen molar-refractivity contribution in [1.82, 2.24) is 14.8 Å². The van der Waals surface area contributed by atoms with Crippen LogP contribution in [-0.4, -0.2) is 62.2 Å². The van der Waals surface area contributed by atoms with Crippen LogP contribution in [0.3, 0.4) is 0 Å². The van der Waals surface area contributed by atoms with Crippen molar-refractivity contribution >= 4 is 10.9 Å². The van der Waals surface area contributed by atoms with Gasteiger partial charge in [-0.2, -0.15) is 0 Å². The third-order valence-electron chi connectivity index (χ3n) is 5.78. The van der Waals surface area contributed by atoms with Gasteiger partial charge in [0.15, 0.2) is 0 Å². The fourth-order valence-electron chi connectivity index (χ4n) is 3.99. The summed E-state index contributed by atoms with van der Waals surface area (Å²) >= 11 is 0. The third kappa shape index (κ3) is 4.07. The quantitative estimate of drug-likeness (QED) is 0.658. The van der Waals surface area contributed by atoms with E-state index in [1.54, 1.807) is 14.2 Å². The summed E-state index contributed by atoms with van der Waals surface area (Å²) in [7, 11) is 5.58. The molecule has 29 heavy (non-hydrogen) atoms. The molecule has 1 fully saturated rings. The molecule has 4 rings (SSSR count). The van der Waals surface area contributed by atoms with Crippen molar-refractivity contribution < 1.29 is 9.47 Å². The van der Waals surface area contributed by atoms with Gasteiger partial charge < -0.3 is 14.4 Å². The highest BCUT2D eigenvalue weighted by molar-refractivity contribution is 5.87. The molecule has 0 N–H and O–H groups in total. The summed E-state index contributed by atoms with van der Waals surface area (Å²) in [6.45, 7) is 7.31. The Balaban J connectivity index is 1.85. The number of likely N-dealkylation sites (N-methyl/N-ethyl adjacent to an activating group) is 1. The lowest BCUT2D eigenvalue weighted by Crippen LogP contribution is -2.43. The lowest BCUT2D eigenvalue weighted by Gasteiger charge is -2.32. The first-order chi connectivity index (χ1) is 14.1. The van der Waals surface area contributed by atoms with Crippen molar-refractivity contribution in [2.75, 3.05) is 47.4 Å². The molecule has 152 valence electrons. The van der Waals surface area contributed by atoms with Gasteiger partial charge in [-0.15, -0.1) is 0 Å². The molecular weight excluding hydrogens is 362 g/mol. The van der Waals surface area contributed by atoms with Crippen LogP contribution >= 0.6 is 0 Å². The first-order valence-electron chi connectivity index (χ1n) is 10.1. The Morgan fingerprint density at radius 3 is 2.48 bits per heavy atom. The minimum absolute atomic E-state index is 0.804. The van der Waals surface area contributed by atoms with Crippen LogP contribution in [0, 0.1) is 6.92 Å². The molecule has 1 aliphatic heterocycles. The van der Waals surface area contributed by atoms with Gasteiger partial charge in [-0.25, -0.2) is 4.98 Å². The number of aryl methyl sites for hydroxylation is 1. The number of hydrogen-bond donors (Lipinski definition) is 0. The van der Waals surface area contributed by atoms with Crippen molar-refractivity contribution in [1.29, 1.82) is 0 Å². The second-order valence-corrected chi connectivity index (χ2v) is 7.79. The first kappa shape index (κ1) is 19.7. The van der Waals surface area contributed by atoms with E-state index in [1.807, 2.05) is 18.2 Å².